The minimum Gasteiger partial charge on any atom is -0.446 e. The van der Waals surface area contributed by atoms with Crippen LogP contribution in [0.2, 0.25) is 0 Å². The number of amides is 2. The van der Waals surface area contributed by atoms with Crippen LogP contribution in [0.4, 0.5) is 19.4 Å². The first kappa shape index (κ1) is 20.2. The number of halogens is 2. The second kappa shape index (κ2) is 9.09. The van der Waals surface area contributed by atoms with Gasteiger partial charge in [0.1, 0.15) is 6.10 Å². The molecule has 152 valence electrons. The topological polar surface area (TPSA) is 109 Å². The highest BCUT2D eigenvalue weighted by molar-refractivity contribution is 7.11. The van der Waals surface area contributed by atoms with E-state index in [1.165, 1.54) is 11.3 Å². The molecule has 8 nitrogen and oxygen atoms in total. The lowest BCUT2D eigenvalue weighted by Crippen LogP contribution is -2.31. The van der Waals surface area contributed by atoms with Crippen LogP contribution < -0.4 is 10.6 Å². The summed E-state index contributed by atoms with van der Waals surface area (Å²) < 4.78 is 29.3. The maximum Gasteiger partial charge on any atom is 0.407 e. The van der Waals surface area contributed by atoms with Gasteiger partial charge < -0.3 is 15.4 Å². The number of alkyl carbamates (subject to hydrolysis) is 1. The first-order chi connectivity index (χ1) is 13.4. The highest BCUT2D eigenvalue weighted by atomic mass is 32.1. The molecule has 1 aliphatic rings. The average Bonchev–Trinajstić information content (AvgIpc) is 3.35. The molecule has 2 amide bonds. The Bertz CT molecular complexity index is 825. The van der Waals surface area contributed by atoms with Crippen LogP contribution in [0.15, 0.2) is 12.3 Å². The summed E-state index contributed by atoms with van der Waals surface area (Å²) >= 11 is 1.47. The van der Waals surface area contributed by atoms with Gasteiger partial charge in [0.05, 0.1) is 18.0 Å². The van der Waals surface area contributed by atoms with E-state index < -0.39 is 19.1 Å². The molecular weight excluding hydrogens is 392 g/mol. The van der Waals surface area contributed by atoms with E-state index in [4.69, 9.17) is 4.74 Å². The molecule has 0 radical (unpaired) electrons. The third kappa shape index (κ3) is 5.72. The molecule has 0 aliphatic heterocycles. The fourth-order valence-corrected chi connectivity index (χ4v) is 3.92. The zero-order chi connectivity index (χ0) is 20.1. The zero-order valence-electron chi connectivity index (χ0n) is 15.2. The van der Waals surface area contributed by atoms with Crippen LogP contribution in [0.25, 0.3) is 0 Å². The fourth-order valence-electron chi connectivity index (χ4n) is 3.13. The number of hydrogen-bond donors (Lipinski definition) is 3. The maximum atomic E-state index is 12.1. The molecule has 2 aromatic heterocycles. The first-order valence-corrected chi connectivity index (χ1v) is 9.69. The van der Waals surface area contributed by atoms with Gasteiger partial charge in [-0.25, -0.2) is 18.6 Å². The normalized spacial score (nSPS) is 19.0. The summed E-state index contributed by atoms with van der Waals surface area (Å²) in [6.45, 7) is 1.16. The molecule has 28 heavy (non-hydrogen) atoms. The molecule has 2 atom stereocenters. The quantitative estimate of drug-likeness (QED) is 0.647. The van der Waals surface area contributed by atoms with E-state index in [-0.39, 0.29) is 24.3 Å². The van der Waals surface area contributed by atoms with Gasteiger partial charge in [-0.05, 0) is 26.2 Å². The van der Waals surface area contributed by atoms with Crippen molar-refractivity contribution in [1.82, 2.24) is 20.5 Å². The number of carbonyl (C=O) groups is 2. The Hall–Kier alpha value is -2.56. The SMILES string of the molecule is Cc1ncc(CC(=O)Nc2cc([C@H]3CCC(OC(=O)NCC(F)F)C3)[nH]n2)s1. The Kier molecular flexibility index (Phi) is 6.55. The summed E-state index contributed by atoms with van der Waals surface area (Å²) in [6, 6.07) is 1.76. The monoisotopic (exact) mass is 413 g/mol. The molecule has 1 saturated carbocycles. The molecular formula is C17H21F2N5O3S. The van der Waals surface area contributed by atoms with Gasteiger partial charge in [-0.15, -0.1) is 11.3 Å². The lowest BCUT2D eigenvalue weighted by Gasteiger charge is -2.13. The average molecular weight is 413 g/mol. The van der Waals surface area contributed by atoms with E-state index >= 15 is 0 Å². The number of thiazole rings is 1. The molecule has 0 saturated heterocycles. The predicted molar refractivity (Wildman–Crippen MR) is 98.6 cm³/mol. The van der Waals surface area contributed by atoms with Crippen molar-refractivity contribution >= 4 is 29.2 Å². The largest absolute Gasteiger partial charge is 0.446 e. The van der Waals surface area contributed by atoms with Crippen LogP contribution in [-0.2, 0) is 16.0 Å². The Morgan fingerprint density at radius 3 is 2.96 bits per heavy atom. The Labute approximate surface area is 164 Å². The van der Waals surface area contributed by atoms with Crippen molar-refractivity contribution in [3.05, 3.63) is 27.8 Å². The number of aryl methyl sites for hydroxylation is 1. The minimum atomic E-state index is -2.61. The fraction of sp³-hybridized carbons (Fsp3) is 0.529. The van der Waals surface area contributed by atoms with Crippen LogP contribution in [-0.4, -0.2) is 46.3 Å². The summed E-state index contributed by atoms with van der Waals surface area (Å²) in [4.78, 5) is 28.6. The number of hydrogen-bond acceptors (Lipinski definition) is 6. The standard InChI is InChI=1S/C17H21F2N5O3S/c1-9-20-7-12(28-9)5-16(25)22-15-6-13(23-24-15)10-2-3-11(4-10)27-17(26)21-8-14(18)19/h6-7,10-11,14H,2-5,8H2,1H3,(H,21,26)(H2,22,23,24,25)/t10-,11?/m0/s1. The van der Waals surface area contributed by atoms with Crippen LogP contribution in [0, 0.1) is 6.92 Å². The van der Waals surface area contributed by atoms with E-state index in [1.807, 2.05) is 12.2 Å². The van der Waals surface area contributed by atoms with E-state index in [2.05, 4.69) is 20.5 Å². The summed E-state index contributed by atoms with van der Waals surface area (Å²) in [5.41, 5.74) is 0.836. The Morgan fingerprint density at radius 2 is 2.25 bits per heavy atom. The lowest BCUT2D eigenvalue weighted by molar-refractivity contribution is -0.115. The van der Waals surface area contributed by atoms with Crippen molar-refractivity contribution < 1.29 is 23.1 Å². The molecule has 0 bridgehead atoms. The smallest absolute Gasteiger partial charge is 0.407 e. The summed E-state index contributed by atoms with van der Waals surface area (Å²) in [6.07, 6.45) is 0.119. The van der Waals surface area contributed by atoms with E-state index in [0.717, 1.165) is 22.0 Å². The highest BCUT2D eigenvalue weighted by Crippen LogP contribution is 2.35. The molecule has 0 aromatic carbocycles. The molecule has 2 aromatic rings. The molecule has 1 aliphatic carbocycles. The molecule has 2 heterocycles. The van der Waals surface area contributed by atoms with E-state index in [9.17, 15) is 18.4 Å². The second-order valence-electron chi connectivity index (χ2n) is 6.59. The Balaban J connectivity index is 1.46. The van der Waals surface area contributed by atoms with Gasteiger partial charge in [-0.2, -0.15) is 5.10 Å². The first-order valence-electron chi connectivity index (χ1n) is 8.88. The molecule has 3 rings (SSSR count). The highest BCUT2D eigenvalue weighted by Gasteiger charge is 2.30. The number of carbonyl (C=O) groups excluding carboxylic acids is 2. The summed E-state index contributed by atoms with van der Waals surface area (Å²) in [5.74, 6) is 0.348. The number of rotatable bonds is 7. The maximum absolute atomic E-state index is 12.1. The van der Waals surface area contributed by atoms with Crippen molar-refractivity contribution in [2.24, 2.45) is 0 Å². The molecule has 11 heteroatoms. The van der Waals surface area contributed by atoms with Gasteiger partial charge in [0.25, 0.3) is 6.43 Å². The minimum absolute atomic E-state index is 0.0928. The van der Waals surface area contributed by atoms with Gasteiger partial charge >= 0.3 is 6.09 Å². The third-order valence-electron chi connectivity index (χ3n) is 4.37. The van der Waals surface area contributed by atoms with Gasteiger partial charge in [0, 0.05) is 28.8 Å². The Morgan fingerprint density at radius 1 is 1.43 bits per heavy atom. The third-order valence-corrected chi connectivity index (χ3v) is 5.28. The van der Waals surface area contributed by atoms with Crippen LogP contribution >= 0.6 is 11.3 Å². The number of nitrogens with one attached hydrogen (secondary N) is 3. The van der Waals surface area contributed by atoms with E-state index in [1.54, 1.807) is 12.3 Å². The summed E-state index contributed by atoms with van der Waals surface area (Å²) in [7, 11) is 0. The van der Waals surface area contributed by atoms with Crippen molar-refractivity contribution in [2.45, 2.75) is 51.1 Å². The van der Waals surface area contributed by atoms with Crippen LogP contribution in [0.3, 0.4) is 0 Å². The number of anilines is 1. The summed E-state index contributed by atoms with van der Waals surface area (Å²) in [5, 5.41) is 12.7. The molecule has 1 unspecified atom stereocenters. The van der Waals surface area contributed by atoms with Gasteiger partial charge in [-0.1, -0.05) is 0 Å². The van der Waals surface area contributed by atoms with Gasteiger partial charge in [-0.3, -0.25) is 9.89 Å². The second-order valence-corrected chi connectivity index (χ2v) is 7.91. The van der Waals surface area contributed by atoms with Crippen molar-refractivity contribution in [1.29, 1.82) is 0 Å². The van der Waals surface area contributed by atoms with Gasteiger partial charge in [0.2, 0.25) is 5.91 Å². The van der Waals surface area contributed by atoms with Gasteiger partial charge in [0.15, 0.2) is 5.82 Å². The number of ether oxygens (including phenoxy) is 1. The number of H-pyrrole nitrogens is 1. The predicted octanol–water partition coefficient (Wildman–Crippen LogP) is 2.98. The molecule has 1 fully saturated rings. The van der Waals surface area contributed by atoms with Crippen LogP contribution in [0.1, 0.15) is 40.8 Å². The molecule has 3 N–H and O–H groups in total. The van der Waals surface area contributed by atoms with E-state index in [0.29, 0.717) is 18.7 Å². The zero-order valence-corrected chi connectivity index (χ0v) is 16.0. The number of aromatic nitrogens is 3. The van der Waals surface area contributed by atoms with Crippen molar-refractivity contribution in [2.75, 3.05) is 11.9 Å². The number of nitrogens with zero attached hydrogens (tertiary/aromatic N) is 2. The molecule has 0 spiro atoms. The van der Waals surface area contributed by atoms with Crippen molar-refractivity contribution in [3.63, 3.8) is 0 Å². The van der Waals surface area contributed by atoms with Crippen LogP contribution in [0.5, 0.6) is 0 Å². The number of alkyl halides is 2. The lowest BCUT2D eigenvalue weighted by atomic mass is 10.0. The number of aromatic amines is 1. The van der Waals surface area contributed by atoms with Crippen molar-refractivity contribution in [3.8, 4) is 0 Å².